The van der Waals surface area contributed by atoms with E-state index in [0.717, 1.165) is 0 Å². The van der Waals surface area contributed by atoms with Crippen LogP contribution in [0, 0.1) is 34.5 Å². The Balaban J connectivity index is 5.21. The van der Waals surface area contributed by atoms with E-state index in [1.807, 2.05) is 6.07 Å². The van der Waals surface area contributed by atoms with Crippen molar-refractivity contribution in [3.05, 3.63) is 0 Å². The molecule has 0 aliphatic carbocycles. The largest absolute Gasteiger partial charge is 0.481 e. The summed E-state index contributed by atoms with van der Waals surface area (Å²) < 4.78 is 4.49. The molecular formula is C13H17NO4. The van der Waals surface area contributed by atoms with Crippen molar-refractivity contribution in [3.63, 3.8) is 0 Å². The van der Waals surface area contributed by atoms with Crippen LogP contribution >= 0.6 is 0 Å². The molecular weight excluding hydrogens is 234 g/mol. The first-order chi connectivity index (χ1) is 8.41. The number of carbonyl (C=O) groups excluding carboxylic acids is 1. The molecule has 1 N–H and O–H groups in total. The molecule has 98 valence electrons. The third-order valence-corrected chi connectivity index (χ3v) is 2.83. The highest BCUT2D eigenvalue weighted by molar-refractivity contribution is 5.79. The second kappa shape index (κ2) is 7.34. The molecule has 0 aliphatic heterocycles. The van der Waals surface area contributed by atoms with Gasteiger partial charge < -0.3 is 9.84 Å². The monoisotopic (exact) mass is 251 g/mol. The molecule has 0 saturated carbocycles. The molecule has 0 rings (SSSR count). The van der Waals surface area contributed by atoms with E-state index in [1.165, 1.54) is 7.11 Å². The second-order valence-corrected chi connectivity index (χ2v) is 4.12. The summed E-state index contributed by atoms with van der Waals surface area (Å²) in [5, 5.41) is 17.8. The van der Waals surface area contributed by atoms with E-state index in [9.17, 15) is 14.7 Å². The van der Waals surface area contributed by atoms with Crippen LogP contribution in [0.3, 0.4) is 0 Å². The van der Waals surface area contributed by atoms with Crippen molar-refractivity contribution in [1.29, 1.82) is 5.26 Å². The summed E-state index contributed by atoms with van der Waals surface area (Å²) >= 11 is 0. The van der Waals surface area contributed by atoms with Gasteiger partial charge in [-0.1, -0.05) is 5.92 Å². The van der Waals surface area contributed by atoms with Crippen LogP contribution in [0.15, 0.2) is 0 Å². The number of carboxylic acid groups (broad SMARTS) is 1. The Morgan fingerprint density at radius 1 is 1.50 bits per heavy atom. The minimum Gasteiger partial charge on any atom is -0.481 e. The van der Waals surface area contributed by atoms with Gasteiger partial charge in [-0.15, -0.1) is 5.92 Å². The Bertz CT molecular complexity index is 413. The van der Waals surface area contributed by atoms with E-state index in [4.69, 9.17) is 5.26 Å². The lowest BCUT2D eigenvalue weighted by Crippen LogP contribution is -2.34. The molecule has 0 saturated heterocycles. The van der Waals surface area contributed by atoms with Crippen LogP contribution < -0.4 is 0 Å². The number of esters is 1. The Labute approximate surface area is 107 Å². The fraction of sp³-hybridized carbons (Fsp3) is 0.615. The maximum absolute atomic E-state index is 11.3. The number of nitriles is 1. The molecule has 0 heterocycles. The molecule has 0 aromatic rings. The van der Waals surface area contributed by atoms with Gasteiger partial charge in [0.2, 0.25) is 0 Å². The van der Waals surface area contributed by atoms with Crippen LogP contribution in [-0.2, 0) is 14.3 Å². The minimum atomic E-state index is -1.11. The van der Waals surface area contributed by atoms with Gasteiger partial charge in [0.05, 0.1) is 25.5 Å². The number of carboxylic acids is 1. The van der Waals surface area contributed by atoms with Gasteiger partial charge in [0.1, 0.15) is 0 Å². The highest BCUT2D eigenvalue weighted by atomic mass is 16.5. The van der Waals surface area contributed by atoms with Crippen LogP contribution in [0.1, 0.15) is 33.1 Å². The van der Waals surface area contributed by atoms with Crippen LogP contribution in [0.5, 0.6) is 0 Å². The molecule has 0 spiro atoms. The Hall–Kier alpha value is -2.01. The predicted molar refractivity (Wildman–Crippen MR) is 64.2 cm³/mol. The molecule has 0 radical (unpaired) electrons. The first-order valence-corrected chi connectivity index (χ1v) is 5.51. The summed E-state index contributed by atoms with van der Waals surface area (Å²) in [6, 6.07) is 1.97. The summed E-state index contributed by atoms with van der Waals surface area (Å²) in [6.07, 6.45) is 0.247. The van der Waals surface area contributed by atoms with E-state index in [2.05, 4.69) is 16.6 Å². The molecule has 0 aromatic carbocycles. The molecule has 0 unspecified atom stereocenters. The highest BCUT2D eigenvalue weighted by Gasteiger charge is 2.39. The number of methoxy groups -OCH3 is 1. The van der Waals surface area contributed by atoms with Gasteiger partial charge in [0.15, 0.2) is 0 Å². The molecule has 0 amide bonds. The van der Waals surface area contributed by atoms with E-state index in [-0.39, 0.29) is 12.8 Å². The fourth-order valence-electron chi connectivity index (χ4n) is 1.76. The van der Waals surface area contributed by atoms with Crippen LogP contribution in [0.2, 0.25) is 0 Å². The van der Waals surface area contributed by atoms with Crippen molar-refractivity contribution < 1.29 is 19.4 Å². The van der Waals surface area contributed by atoms with Gasteiger partial charge >= 0.3 is 11.9 Å². The maximum atomic E-state index is 11.3. The number of ether oxygens (including phenoxy) is 1. The highest BCUT2D eigenvalue weighted by Crippen LogP contribution is 2.35. The summed E-state index contributed by atoms with van der Waals surface area (Å²) in [4.78, 5) is 22.5. The number of carbonyl (C=O) groups is 2. The van der Waals surface area contributed by atoms with Gasteiger partial charge in [0.25, 0.3) is 0 Å². The van der Waals surface area contributed by atoms with Gasteiger partial charge in [-0.3, -0.25) is 9.59 Å². The molecule has 2 atom stereocenters. The zero-order chi connectivity index (χ0) is 14.2. The number of hydrogen-bond donors (Lipinski definition) is 1. The Morgan fingerprint density at radius 3 is 2.50 bits per heavy atom. The van der Waals surface area contributed by atoms with Crippen molar-refractivity contribution in [2.45, 2.75) is 33.1 Å². The van der Waals surface area contributed by atoms with Crippen molar-refractivity contribution in [2.24, 2.45) is 11.3 Å². The molecule has 18 heavy (non-hydrogen) atoms. The lowest BCUT2D eigenvalue weighted by Gasteiger charge is -2.29. The second-order valence-electron chi connectivity index (χ2n) is 4.12. The van der Waals surface area contributed by atoms with Gasteiger partial charge in [-0.2, -0.15) is 5.26 Å². The SMILES string of the molecule is CC#C[C@](C)(CCC#N)[C@@H](CC(=O)OC)C(=O)O. The lowest BCUT2D eigenvalue weighted by atomic mass is 9.72. The maximum Gasteiger partial charge on any atom is 0.308 e. The molecule has 0 aliphatic rings. The standard InChI is InChI=1S/C13H17NO4/c1-4-6-13(2,7-5-8-14)10(12(16)17)9-11(15)18-3/h10H,5,7,9H2,1-3H3,(H,16,17)/t10-,13+/m0/s1. The average Bonchev–Trinajstić information content (AvgIpc) is 2.33. The number of nitrogens with zero attached hydrogens (tertiary/aromatic N) is 1. The molecule has 5 heteroatoms. The van der Waals surface area contributed by atoms with Gasteiger partial charge in [0, 0.05) is 11.8 Å². The van der Waals surface area contributed by atoms with Crippen LogP contribution in [0.4, 0.5) is 0 Å². The van der Waals surface area contributed by atoms with E-state index in [0.29, 0.717) is 6.42 Å². The van der Waals surface area contributed by atoms with E-state index < -0.39 is 23.3 Å². The van der Waals surface area contributed by atoms with Gasteiger partial charge in [-0.05, 0) is 20.3 Å². The number of rotatable bonds is 6. The summed E-state index contributed by atoms with van der Waals surface area (Å²) in [7, 11) is 1.21. The third kappa shape index (κ3) is 4.47. The van der Waals surface area contributed by atoms with E-state index >= 15 is 0 Å². The fourth-order valence-corrected chi connectivity index (χ4v) is 1.76. The van der Waals surface area contributed by atoms with Crippen molar-refractivity contribution in [2.75, 3.05) is 7.11 Å². The smallest absolute Gasteiger partial charge is 0.308 e. The number of aliphatic carboxylic acids is 1. The van der Waals surface area contributed by atoms with Crippen LogP contribution in [0.25, 0.3) is 0 Å². The van der Waals surface area contributed by atoms with Crippen LogP contribution in [-0.4, -0.2) is 24.2 Å². The van der Waals surface area contributed by atoms with Crippen molar-refractivity contribution in [1.82, 2.24) is 0 Å². The summed E-state index contributed by atoms with van der Waals surface area (Å²) in [5.74, 6) is 2.80. The zero-order valence-corrected chi connectivity index (χ0v) is 10.8. The van der Waals surface area contributed by atoms with Crippen molar-refractivity contribution in [3.8, 4) is 17.9 Å². The Morgan fingerprint density at radius 2 is 2.11 bits per heavy atom. The van der Waals surface area contributed by atoms with Crippen molar-refractivity contribution >= 4 is 11.9 Å². The molecule has 0 bridgehead atoms. The minimum absolute atomic E-state index is 0.191. The molecule has 0 aromatic heterocycles. The average molecular weight is 251 g/mol. The first-order valence-electron chi connectivity index (χ1n) is 5.51. The molecule has 5 nitrogen and oxygen atoms in total. The Kier molecular flexibility index (Phi) is 6.52. The molecule has 0 fully saturated rings. The van der Waals surface area contributed by atoms with Gasteiger partial charge in [-0.25, -0.2) is 0 Å². The zero-order valence-electron chi connectivity index (χ0n) is 10.8. The normalized spacial score (nSPS) is 14.3. The summed E-state index contributed by atoms with van der Waals surface area (Å²) in [5.41, 5.74) is -0.912. The quantitative estimate of drug-likeness (QED) is 0.572. The third-order valence-electron chi connectivity index (χ3n) is 2.83. The van der Waals surface area contributed by atoms with E-state index in [1.54, 1.807) is 13.8 Å². The lowest BCUT2D eigenvalue weighted by molar-refractivity contribution is -0.153. The summed E-state index contributed by atoms with van der Waals surface area (Å²) in [6.45, 7) is 3.25. The number of hydrogen-bond acceptors (Lipinski definition) is 4. The predicted octanol–water partition coefficient (Wildman–Crippen LogP) is 1.58. The topological polar surface area (TPSA) is 87.4 Å². The first kappa shape index (κ1) is 16.0.